The van der Waals surface area contributed by atoms with Gasteiger partial charge in [-0.1, -0.05) is 19.0 Å². The van der Waals surface area contributed by atoms with Crippen molar-refractivity contribution in [3.8, 4) is 0 Å². The number of hydrogen-bond acceptors (Lipinski definition) is 5. The van der Waals surface area contributed by atoms with Crippen molar-refractivity contribution in [2.45, 2.75) is 45.6 Å². The third-order valence-corrected chi connectivity index (χ3v) is 3.64. The Kier molecular flexibility index (Phi) is 4.93. The Hall–Kier alpha value is -0.940. The van der Waals surface area contributed by atoms with Crippen molar-refractivity contribution in [2.75, 3.05) is 13.7 Å². The minimum atomic E-state index is -0.000995. The molecule has 0 radical (unpaired) electrons. The SMILES string of the molecule is COC(c1noc(C[C@@H](CN)CC(C)C)n1)C1CC1. The van der Waals surface area contributed by atoms with Crippen LogP contribution in [-0.2, 0) is 11.2 Å². The molecule has 2 atom stereocenters. The van der Waals surface area contributed by atoms with Crippen molar-refractivity contribution in [1.82, 2.24) is 10.1 Å². The zero-order valence-electron chi connectivity index (χ0n) is 12.1. The topological polar surface area (TPSA) is 74.2 Å². The van der Waals surface area contributed by atoms with Gasteiger partial charge in [0.2, 0.25) is 11.7 Å². The van der Waals surface area contributed by atoms with E-state index in [1.165, 1.54) is 12.8 Å². The van der Waals surface area contributed by atoms with Crippen molar-refractivity contribution in [1.29, 1.82) is 0 Å². The van der Waals surface area contributed by atoms with Gasteiger partial charge in [0.1, 0.15) is 6.10 Å². The Morgan fingerprint density at radius 3 is 2.68 bits per heavy atom. The van der Waals surface area contributed by atoms with Crippen molar-refractivity contribution in [2.24, 2.45) is 23.5 Å². The summed E-state index contributed by atoms with van der Waals surface area (Å²) in [6.45, 7) is 5.07. The summed E-state index contributed by atoms with van der Waals surface area (Å²) in [5.74, 6) is 3.00. The van der Waals surface area contributed by atoms with E-state index >= 15 is 0 Å². The molecular weight excluding hydrogens is 242 g/mol. The lowest BCUT2D eigenvalue weighted by molar-refractivity contribution is 0.0751. The molecule has 1 aliphatic rings. The Bertz CT molecular complexity index is 388. The molecule has 0 aromatic carbocycles. The number of ether oxygens (including phenoxy) is 1. The van der Waals surface area contributed by atoms with Crippen LogP contribution in [0.1, 0.15) is 50.9 Å². The molecule has 5 nitrogen and oxygen atoms in total. The molecule has 19 heavy (non-hydrogen) atoms. The highest BCUT2D eigenvalue weighted by Gasteiger charge is 2.35. The van der Waals surface area contributed by atoms with Crippen LogP contribution in [-0.4, -0.2) is 23.8 Å². The van der Waals surface area contributed by atoms with Crippen molar-refractivity contribution in [3.63, 3.8) is 0 Å². The molecule has 108 valence electrons. The number of nitrogens with two attached hydrogens (primary N) is 1. The Morgan fingerprint density at radius 2 is 2.16 bits per heavy atom. The highest BCUT2D eigenvalue weighted by molar-refractivity contribution is 4.98. The first-order chi connectivity index (χ1) is 9.13. The minimum absolute atomic E-state index is 0.000995. The number of nitrogens with zero attached hydrogens (tertiary/aromatic N) is 2. The van der Waals surface area contributed by atoms with E-state index in [1.54, 1.807) is 7.11 Å². The van der Waals surface area contributed by atoms with Crippen LogP contribution < -0.4 is 5.73 Å². The van der Waals surface area contributed by atoms with Gasteiger partial charge in [0.15, 0.2) is 0 Å². The van der Waals surface area contributed by atoms with Crippen molar-refractivity contribution < 1.29 is 9.26 Å². The molecule has 2 N–H and O–H groups in total. The molecule has 1 saturated carbocycles. The van der Waals surface area contributed by atoms with Crippen LogP contribution in [0.4, 0.5) is 0 Å². The number of aromatic nitrogens is 2. The summed E-state index contributed by atoms with van der Waals surface area (Å²) >= 11 is 0. The second-order valence-electron chi connectivity index (χ2n) is 5.98. The van der Waals surface area contributed by atoms with E-state index in [-0.39, 0.29) is 6.10 Å². The lowest BCUT2D eigenvalue weighted by atomic mass is 9.94. The first-order valence-electron chi connectivity index (χ1n) is 7.19. The smallest absolute Gasteiger partial charge is 0.227 e. The van der Waals surface area contributed by atoms with Gasteiger partial charge in [-0.15, -0.1) is 0 Å². The third kappa shape index (κ3) is 4.01. The second kappa shape index (κ2) is 6.48. The zero-order chi connectivity index (χ0) is 13.8. The maximum atomic E-state index is 5.81. The molecule has 5 heteroatoms. The summed E-state index contributed by atoms with van der Waals surface area (Å²) in [5, 5.41) is 4.06. The summed E-state index contributed by atoms with van der Waals surface area (Å²) in [6.07, 6.45) is 4.24. The first kappa shape index (κ1) is 14.5. The van der Waals surface area contributed by atoms with Gasteiger partial charge in [0.25, 0.3) is 0 Å². The molecule has 0 amide bonds. The predicted octanol–water partition coefficient (Wildman–Crippen LogP) is 2.33. The Morgan fingerprint density at radius 1 is 1.42 bits per heavy atom. The van der Waals surface area contributed by atoms with Crippen LogP contribution in [0.2, 0.25) is 0 Å². The van der Waals surface area contributed by atoms with E-state index in [9.17, 15) is 0 Å². The third-order valence-electron chi connectivity index (χ3n) is 3.64. The number of hydrogen-bond donors (Lipinski definition) is 1. The molecule has 0 bridgehead atoms. The van der Waals surface area contributed by atoms with Gasteiger partial charge in [-0.25, -0.2) is 0 Å². The molecule has 0 aliphatic heterocycles. The molecule has 1 aliphatic carbocycles. The van der Waals surface area contributed by atoms with Crippen molar-refractivity contribution >= 4 is 0 Å². The molecular formula is C14H25N3O2. The standard InChI is InChI=1S/C14H25N3O2/c1-9(2)6-10(8-15)7-12-16-14(17-19-12)13(18-3)11-4-5-11/h9-11,13H,4-8,15H2,1-3H3/t10-,13?/m0/s1. The predicted molar refractivity (Wildman–Crippen MR) is 72.5 cm³/mol. The maximum absolute atomic E-state index is 5.81. The van der Waals surface area contributed by atoms with E-state index < -0.39 is 0 Å². The minimum Gasteiger partial charge on any atom is -0.373 e. The monoisotopic (exact) mass is 267 g/mol. The van der Waals surface area contributed by atoms with Gasteiger partial charge in [0.05, 0.1) is 0 Å². The first-order valence-corrected chi connectivity index (χ1v) is 7.19. The molecule has 0 saturated heterocycles. The molecule has 0 spiro atoms. The van der Waals surface area contributed by atoms with Gasteiger partial charge in [-0.05, 0) is 43.6 Å². The van der Waals surface area contributed by atoms with Crippen LogP contribution in [0.25, 0.3) is 0 Å². The highest BCUT2D eigenvalue weighted by atomic mass is 16.5. The van der Waals surface area contributed by atoms with Crippen LogP contribution in [0.5, 0.6) is 0 Å². The summed E-state index contributed by atoms with van der Waals surface area (Å²) in [4.78, 5) is 4.48. The summed E-state index contributed by atoms with van der Waals surface area (Å²) < 4.78 is 10.8. The van der Waals surface area contributed by atoms with Crippen LogP contribution in [0.15, 0.2) is 4.52 Å². The average molecular weight is 267 g/mol. The molecule has 2 rings (SSSR count). The highest BCUT2D eigenvalue weighted by Crippen LogP contribution is 2.41. The van der Waals surface area contributed by atoms with E-state index in [1.807, 2.05) is 0 Å². The van der Waals surface area contributed by atoms with Gasteiger partial charge >= 0.3 is 0 Å². The Labute approximate surface area is 114 Å². The van der Waals surface area contributed by atoms with E-state index in [0.717, 1.165) is 12.8 Å². The molecule has 1 aromatic rings. The molecule has 1 aromatic heterocycles. The Balaban J connectivity index is 1.95. The molecule has 1 fully saturated rings. The van der Waals surface area contributed by atoms with Gasteiger partial charge in [-0.2, -0.15) is 4.98 Å². The van der Waals surface area contributed by atoms with Crippen LogP contribution in [0, 0.1) is 17.8 Å². The average Bonchev–Trinajstić information content (AvgIpc) is 3.09. The second-order valence-corrected chi connectivity index (χ2v) is 5.98. The van der Waals surface area contributed by atoms with E-state index in [2.05, 4.69) is 24.0 Å². The molecule has 1 unspecified atom stereocenters. The quantitative estimate of drug-likeness (QED) is 0.782. The summed E-state index contributed by atoms with van der Waals surface area (Å²) in [7, 11) is 1.71. The summed E-state index contributed by atoms with van der Waals surface area (Å²) in [5.41, 5.74) is 5.81. The normalized spacial score (nSPS) is 18.8. The fourth-order valence-electron chi connectivity index (χ4n) is 2.55. The largest absolute Gasteiger partial charge is 0.373 e. The summed E-state index contributed by atoms with van der Waals surface area (Å²) in [6, 6.07) is 0. The van der Waals surface area contributed by atoms with Crippen LogP contribution in [0.3, 0.4) is 0 Å². The van der Waals surface area contributed by atoms with Gasteiger partial charge in [-0.3, -0.25) is 0 Å². The van der Waals surface area contributed by atoms with Gasteiger partial charge < -0.3 is 15.0 Å². The van der Waals surface area contributed by atoms with E-state index in [0.29, 0.717) is 36.0 Å². The fraction of sp³-hybridized carbons (Fsp3) is 0.857. The molecule has 1 heterocycles. The number of methoxy groups -OCH3 is 1. The number of rotatable bonds is 8. The van der Waals surface area contributed by atoms with Gasteiger partial charge in [0, 0.05) is 13.5 Å². The van der Waals surface area contributed by atoms with Crippen molar-refractivity contribution in [3.05, 3.63) is 11.7 Å². The van der Waals surface area contributed by atoms with Crippen LogP contribution >= 0.6 is 0 Å². The lowest BCUT2D eigenvalue weighted by Crippen LogP contribution is -2.19. The fourth-order valence-corrected chi connectivity index (χ4v) is 2.55. The van der Waals surface area contributed by atoms with E-state index in [4.69, 9.17) is 15.0 Å². The zero-order valence-corrected chi connectivity index (χ0v) is 12.1. The maximum Gasteiger partial charge on any atom is 0.227 e. The lowest BCUT2D eigenvalue weighted by Gasteiger charge is -2.14.